The van der Waals surface area contributed by atoms with Crippen molar-refractivity contribution in [3.8, 4) is 11.3 Å². The van der Waals surface area contributed by atoms with Gasteiger partial charge in [0.05, 0.1) is 5.69 Å². The second-order valence-electron chi connectivity index (χ2n) is 6.09. The summed E-state index contributed by atoms with van der Waals surface area (Å²) >= 11 is 0. The number of imidazole rings is 1. The number of nitrogens with one attached hydrogen (secondary N) is 1. The summed E-state index contributed by atoms with van der Waals surface area (Å²) in [5.74, 6) is -0.0551. The highest BCUT2D eigenvalue weighted by Gasteiger charge is 2.09. The van der Waals surface area contributed by atoms with Crippen LogP contribution in [0.1, 0.15) is 16.8 Å². The Morgan fingerprint density at radius 1 is 1.21 bits per heavy atom. The molecule has 0 fully saturated rings. The SMILES string of the molecule is CN(C)CCCNC(=O)c1ccn2cc(-c3ccccc3)nc2c1. The maximum Gasteiger partial charge on any atom is 0.251 e. The Balaban J connectivity index is 1.73. The van der Waals surface area contributed by atoms with Crippen molar-refractivity contribution >= 4 is 11.6 Å². The molecular weight excluding hydrogens is 300 g/mol. The van der Waals surface area contributed by atoms with Gasteiger partial charge in [-0.1, -0.05) is 30.3 Å². The van der Waals surface area contributed by atoms with E-state index in [0.717, 1.165) is 29.9 Å². The van der Waals surface area contributed by atoms with E-state index < -0.39 is 0 Å². The topological polar surface area (TPSA) is 49.6 Å². The minimum Gasteiger partial charge on any atom is -0.352 e. The van der Waals surface area contributed by atoms with Crippen LogP contribution < -0.4 is 5.32 Å². The number of nitrogens with zero attached hydrogens (tertiary/aromatic N) is 3. The molecule has 5 nitrogen and oxygen atoms in total. The predicted octanol–water partition coefficient (Wildman–Crippen LogP) is 2.68. The van der Waals surface area contributed by atoms with E-state index in [2.05, 4.69) is 15.2 Å². The normalized spacial score (nSPS) is 11.1. The Hall–Kier alpha value is -2.66. The van der Waals surface area contributed by atoms with Crippen molar-refractivity contribution in [2.45, 2.75) is 6.42 Å². The first-order valence-electron chi connectivity index (χ1n) is 8.10. The Morgan fingerprint density at radius 2 is 2.00 bits per heavy atom. The highest BCUT2D eigenvalue weighted by Crippen LogP contribution is 2.19. The molecule has 5 heteroatoms. The molecule has 0 aliphatic carbocycles. The lowest BCUT2D eigenvalue weighted by molar-refractivity contribution is 0.0952. The molecule has 0 aliphatic rings. The lowest BCUT2D eigenvalue weighted by Crippen LogP contribution is -2.27. The fraction of sp³-hybridized carbons (Fsp3) is 0.263. The number of carbonyl (C=O) groups excluding carboxylic acids is 1. The molecule has 0 saturated carbocycles. The van der Waals surface area contributed by atoms with Gasteiger partial charge in [-0.15, -0.1) is 0 Å². The van der Waals surface area contributed by atoms with E-state index in [1.54, 1.807) is 0 Å². The first kappa shape index (κ1) is 16.2. The van der Waals surface area contributed by atoms with Crippen molar-refractivity contribution in [2.24, 2.45) is 0 Å². The summed E-state index contributed by atoms with van der Waals surface area (Å²) in [6.07, 6.45) is 4.79. The number of pyridine rings is 1. The number of hydrogen-bond acceptors (Lipinski definition) is 3. The average molecular weight is 322 g/mol. The molecule has 0 radical (unpaired) electrons. The molecule has 0 atom stereocenters. The highest BCUT2D eigenvalue weighted by molar-refractivity contribution is 5.95. The molecule has 2 heterocycles. The van der Waals surface area contributed by atoms with Gasteiger partial charge in [-0.05, 0) is 39.2 Å². The zero-order chi connectivity index (χ0) is 16.9. The molecule has 0 aliphatic heterocycles. The number of carbonyl (C=O) groups is 1. The second-order valence-corrected chi connectivity index (χ2v) is 6.09. The van der Waals surface area contributed by atoms with Crippen LogP contribution >= 0.6 is 0 Å². The van der Waals surface area contributed by atoms with E-state index in [4.69, 9.17) is 0 Å². The van der Waals surface area contributed by atoms with Crippen LogP contribution in [0.25, 0.3) is 16.9 Å². The van der Waals surface area contributed by atoms with Crippen molar-refractivity contribution in [3.63, 3.8) is 0 Å². The third kappa shape index (κ3) is 3.81. The Labute approximate surface area is 141 Å². The Kier molecular flexibility index (Phi) is 4.91. The molecule has 0 bridgehead atoms. The van der Waals surface area contributed by atoms with Crippen molar-refractivity contribution in [1.82, 2.24) is 19.6 Å². The van der Waals surface area contributed by atoms with Crippen LogP contribution in [0.4, 0.5) is 0 Å². The molecular formula is C19H22N4O. The Bertz CT molecular complexity index is 824. The zero-order valence-electron chi connectivity index (χ0n) is 14.1. The molecule has 1 N–H and O–H groups in total. The number of benzene rings is 1. The summed E-state index contributed by atoms with van der Waals surface area (Å²) in [6.45, 7) is 1.63. The van der Waals surface area contributed by atoms with E-state index in [0.29, 0.717) is 12.1 Å². The third-order valence-electron chi connectivity index (χ3n) is 3.86. The van der Waals surface area contributed by atoms with E-state index in [9.17, 15) is 4.79 Å². The molecule has 1 amide bonds. The van der Waals surface area contributed by atoms with E-state index in [1.165, 1.54) is 0 Å². The van der Waals surface area contributed by atoms with Crippen molar-refractivity contribution in [1.29, 1.82) is 0 Å². The number of rotatable bonds is 6. The van der Waals surface area contributed by atoms with Gasteiger partial charge < -0.3 is 14.6 Å². The maximum atomic E-state index is 12.2. The lowest BCUT2D eigenvalue weighted by Gasteiger charge is -2.09. The molecule has 0 spiro atoms. The van der Waals surface area contributed by atoms with Crippen LogP contribution in [0.5, 0.6) is 0 Å². The van der Waals surface area contributed by atoms with E-state index in [-0.39, 0.29) is 5.91 Å². The molecule has 3 aromatic rings. The maximum absolute atomic E-state index is 12.2. The predicted molar refractivity (Wildman–Crippen MR) is 96.1 cm³/mol. The first-order chi connectivity index (χ1) is 11.6. The number of fused-ring (bicyclic) bond motifs is 1. The van der Waals surface area contributed by atoms with Crippen molar-refractivity contribution in [3.05, 3.63) is 60.4 Å². The van der Waals surface area contributed by atoms with Gasteiger partial charge >= 0.3 is 0 Å². The van der Waals surface area contributed by atoms with E-state index >= 15 is 0 Å². The monoisotopic (exact) mass is 322 g/mol. The van der Waals surface area contributed by atoms with Gasteiger partial charge in [0.15, 0.2) is 0 Å². The number of amides is 1. The first-order valence-corrected chi connectivity index (χ1v) is 8.10. The molecule has 2 aromatic heterocycles. The third-order valence-corrected chi connectivity index (χ3v) is 3.86. The lowest BCUT2D eigenvalue weighted by atomic mass is 10.2. The van der Waals surface area contributed by atoms with Gasteiger partial charge in [0.2, 0.25) is 0 Å². The molecule has 0 unspecified atom stereocenters. The van der Waals surface area contributed by atoms with Crippen LogP contribution in [-0.2, 0) is 0 Å². The van der Waals surface area contributed by atoms with Crippen molar-refractivity contribution < 1.29 is 4.79 Å². The summed E-state index contributed by atoms with van der Waals surface area (Å²) in [4.78, 5) is 19.0. The molecule has 3 rings (SSSR count). The summed E-state index contributed by atoms with van der Waals surface area (Å²) in [5.41, 5.74) is 3.38. The fourth-order valence-corrected chi connectivity index (χ4v) is 2.57. The van der Waals surface area contributed by atoms with Gasteiger partial charge in [0.1, 0.15) is 5.65 Å². The van der Waals surface area contributed by atoms with E-state index in [1.807, 2.05) is 73.4 Å². The fourth-order valence-electron chi connectivity index (χ4n) is 2.57. The summed E-state index contributed by atoms with van der Waals surface area (Å²) in [7, 11) is 4.05. The largest absolute Gasteiger partial charge is 0.352 e. The smallest absolute Gasteiger partial charge is 0.251 e. The van der Waals surface area contributed by atoms with Crippen molar-refractivity contribution in [2.75, 3.05) is 27.2 Å². The van der Waals surface area contributed by atoms with Crippen LogP contribution in [0.3, 0.4) is 0 Å². The zero-order valence-corrected chi connectivity index (χ0v) is 14.1. The quantitative estimate of drug-likeness (QED) is 0.710. The van der Waals surface area contributed by atoms with Gasteiger partial charge in [-0.3, -0.25) is 4.79 Å². The minimum absolute atomic E-state index is 0.0551. The van der Waals surface area contributed by atoms with Crippen LogP contribution in [-0.4, -0.2) is 47.4 Å². The van der Waals surface area contributed by atoms with Gasteiger partial charge in [0.25, 0.3) is 5.91 Å². The van der Waals surface area contributed by atoms with Gasteiger partial charge in [-0.25, -0.2) is 4.98 Å². The standard InChI is InChI=1S/C19H22N4O/c1-22(2)11-6-10-20-19(24)16-9-12-23-14-17(21-18(23)13-16)15-7-4-3-5-8-15/h3-5,7-9,12-14H,6,10-11H2,1-2H3,(H,20,24). The molecule has 0 saturated heterocycles. The summed E-state index contributed by atoms with van der Waals surface area (Å²) in [5, 5.41) is 2.95. The second kappa shape index (κ2) is 7.27. The van der Waals surface area contributed by atoms with Crippen LogP contribution in [0.2, 0.25) is 0 Å². The molecule has 124 valence electrons. The van der Waals surface area contributed by atoms with Crippen LogP contribution in [0.15, 0.2) is 54.9 Å². The Morgan fingerprint density at radius 3 is 2.75 bits per heavy atom. The minimum atomic E-state index is -0.0551. The van der Waals surface area contributed by atoms with Gasteiger partial charge in [0, 0.05) is 30.1 Å². The highest BCUT2D eigenvalue weighted by atomic mass is 16.1. The average Bonchev–Trinajstić information content (AvgIpc) is 3.02. The molecule has 1 aromatic carbocycles. The van der Waals surface area contributed by atoms with Gasteiger partial charge in [-0.2, -0.15) is 0 Å². The summed E-state index contributed by atoms with van der Waals surface area (Å²) in [6, 6.07) is 13.7. The number of hydrogen-bond donors (Lipinski definition) is 1. The van der Waals surface area contributed by atoms with Crippen LogP contribution in [0, 0.1) is 0 Å². The summed E-state index contributed by atoms with van der Waals surface area (Å²) < 4.78 is 1.94. The molecule has 24 heavy (non-hydrogen) atoms. The number of aromatic nitrogens is 2.